The third kappa shape index (κ3) is 2.55. The topological polar surface area (TPSA) is 63.7 Å². The van der Waals surface area contributed by atoms with Crippen molar-refractivity contribution in [2.24, 2.45) is 23.7 Å². The second-order valence-corrected chi connectivity index (χ2v) is 8.29. The lowest BCUT2D eigenvalue weighted by atomic mass is 9.85. The predicted octanol–water partition coefficient (Wildman–Crippen LogP) is 3.98. The molecule has 1 heterocycles. The second kappa shape index (κ2) is 6.41. The van der Waals surface area contributed by atoms with Crippen LogP contribution < -0.4 is 9.64 Å². The zero-order chi connectivity index (χ0) is 19.4. The fourth-order valence-electron chi connectivity index (χ4n) is 4.61. The summed E-state index contributed by atoms with van der Waals surface area (Å²) in [5, 5.41) is 0. The van der Waals surface area contributed by atoms with E-state index in [2.05, 4.69) is 28.1 Å². The van der Waals surface area contributed by atoms with Crippen LogP contribution in [0, 0.1) is 23.7 Å². The molecule has 0 radical (unpaired) electrons. The highest BCUT2D eigenvalue weighted by Gasteiger charge is 2.59. The van der Waals surface area contributed by atoms with Crippen LogP contribution in [0.2, 0.25) is 0 Å². The van der Waals surface area contributed by atoms with E-state index >= 15 is 0 Å². The molecule has 1 aliphatic heterocycles. The van der Waals surface area contributed by atoms with Crippen LogP contribution in [0.25, 0.3) is 0 Å². The molecule has 3 aliphatic rings. The van der Waals surface area contributed by atoms with Crippen molar-refractivity contribution in [3.05, 3.63) is 70.7 Å². The van der Waals surface area contributed by atoms with Crippen molar-refractivity contribution in [1.29, 1.82) is 0 Å². The summed E-state index contributed by atoms with van der Waals surface area (Å²) in [4.78, 5) is 39.9. The van der Waals surface area contributed by atoms with Crippen molar-refractivity contribution in [2.45, 2.75) is 6.42 Å². The number of para-hydroxylation sites is 2. The van der Waals surface area contributed by atoms with E-state index in [1.54, 1.807) is 48.5 Å². The first-order valence-electron chi connectivity index (χ1n) is 9.17. The molecule has 2 aliphatic carbocycles. The van der Waals surface area contributed by atoms with Gasteiger partial charge in [0.2, 0.25) is 11.8 Å². The van der Waals surface area contributed by atoms with Gasteiger partial charge >= 0.3 is 5.97 Å². The Morgan fingerprint density at radius 1 is 0.929 bits per heavy atom. The van der Waals surface area contributed by atoms with Crippen LogP contribution in [-0.2, 0) is 9.59 Å². The van der Waals surface area contributed by atoms with E-state index in [1.165, 1.54) is 4.90 Å². The molecular formula is C22H16BrNO4. The number of rotatable bonds is 3. The van der Waals surface area contributed by atoms with Gasteiger partial charge in [0.15, 0.2) is 5.75 Å². The normalized spacial score (nSPS) is 27.4. The van der Waals surface area contributed by atoms with Crippen molar-refractivity contribution in [1.82, 2.24) is 0 Å². The summed E-state index contributed by atoms with van der Waals surface area (Å²) >= 11 is 3.33. The van der Waals surface area contributed by atoms with Crippen molar-refractivity contribution in [3.8, 4) is 5.75 Å². The number of nitrogens with zero attached hydrogens (tertiary/aromatic N) is 1. The van der Waals surface area contributed by atoms with Gasteiger partial charge in [0.25, 0.3) is 0 Å². The second-order valence-electron chi connectivity index (χ2n) is 7.38. The summed E-state index contributed by atoms with van der Waals surface area (Å²) in [5.41, 5.74) is 0.716. The molecule has 2 aromatic rings. The lowest BCUT2D eigenvalue weighted by molar-refractivity contribution is -0.123. The highest BCUT2D eigenvalue weighted by atomic mass is 79.9. The minimum Gasteiger partial charge on any atom is -0.421 e. The molecule has 4 unspecified atom stereocenters. The van der Waals surface area contributed by atoms with Gasteiger partial charge in [-0.3, -0.25) is 9.59 Å². The van der Waals surface area contributed by atoms with Gasteiger partial charge in [0, 0.05) is 4.47 Å². The minimum absolute atomic E-state index is 0.133. The number of amides is 2. The van der Waals surface area contributed by atoms with E-state index in [0.717, 1.165) is 10.9 Å². The average Bonchev–Trinajstić information content (AvgIpc) is 3.37. The molecule has 2 fully saturated rings. The summed E-state index contributed by atoms with van der Waals surface area (Å²) in [7, 11) is 0. The molecule has 2 bridgehead atoms. The van der Waals surface area contributed by atoms with Crippen LogP contribution in [0.15, 0.2) is 65.2 Å². The zero-order valence-corrected chi connectivity index (χ0v) is 16.3. The molecule has 0 spiro atoms. The number of imide groups is 1. The fraction of sp³-hybridized carbons (Fsp3) is 0.227. The Balaban J connectivity index is 1.46. The van der Waals surface area contributed by atoms with E-state index in [-0.39, 0.29) is 41.2 Å². The quantitative estimate of drug-likeness (QED) is 0.315. The van der Waals surface area contributed by atoms with E-state index in [0.29, 0.717) is 11.3 Å². The SMILES string of the molecule is O=C(Oc1ccccc1N1C(=O)C2C3C=CC(C3)C2C1=O)c1ccc(Br)cc1. The van der Waals surface area contributed by atoms with Gasteiger partial charge in [-0.05, 0) is 54.7 Å². The van der Waals surface area contributed by atoms with Gasteiger partial charge in [0.05, 0.1) is 23.1 Å². The molecular weight excluding hydrogens is 422 g/mol. The molecule has 2 amide bonds. The lowest BCUT2D eigenvalue weighted by Gasteiger charge is -2.20. The largest absolute Gasteiger partial charge is 0.421 e. The first kappa shape index (κ1) is 17.4. The van der Waals surface area contributed by atoms with Crippen molar-refractivity contribution >= 4 is 39.4 Å². The Labute approximate surface area is 170 Å². The number of anilines is 1. The molecule has 28 heavy (non-hydrogen) atoms. The summed E-state index contributed by atoms with van der Waals surface area (Å²) in [6.45, 7) is 0. The van der Waals surface area contributed by atoms with E-state index in [1.807, 2.05) is 0 Å². The standard InChI is InChI=1S/C22H16BrNO4/c23-15-9-7-12(8-10-15)22(27)28-17-4-2-1-3-16(17)24-20(25)18-13-5-6-14(11-13)19(18)21(24)26/h1-10,13-14,18-19H,11H2. The summed E-state index contributed by atoms with van der Waals surface area (Å²) < 4.78 is 6.41. The van der Waals surface area contributed by atoms with Crippen molar-refractivity contribution < 1.29 is 19.1 Å². The summed E-state index contributed by atoms with van der Waals surface area (Å²) in [5.74, 6) is -1.05. The van der Waals surface area contributed by atoms with Crippen LogP contribution in [0.4, 0.5) is 5.69 Å². The van der Waals surface area contributed by atoms with Crippen LogP contribution >= 0.6 is 15.9 Å². The number of halogens is 1. The lowest BCUT2D eigenvalue weighted by Crippen LogP contribution is -2.33. The maximum absolute atomic E-state index is 13.1. The Kier molecular flexibility index (Phi) is 3.98. The van der Waals surface area contributed by atoms with Gasteiger partial charge in [-0.15, -0.1) is 0 Å². The third-order valence-corrected chi connectivity index (χ3v) is 6.39. The molecule has 140 valence electrons. The number of allylic oxidation sites excluding steroid dienone is 2. The molecule has 6 heteroatoms. The number of carbonyl (C=O) groups excluding carboxylic acids is 3. The highest BCUT2D eigenvalue weighted by molar-refractivity contribution is 9.10. The first-order chi connectivity index (χ1) is 13.5. The number of esters is 1. The number of benzene rings is 2. The van der Waals surface area contributed by atoms with Gasteiger partial charge in [-0.25, -0.2) is 9.69 Å². The molecule has 5 nitrogen and oxygen atoms in total. The van der Waals surface area contributed by atoms with E-state index < -0.39 is 5.97 Å². The maximum Gasteiger partial charge on any atom is 0.343 e. The number of fused-ring (bicyclic) bond motifs is 5. The third-order valence-electron chi connectivity index (χ3n) is 5.86. The highest BCUT2D eigenvalue weighted by Crippen LogP contribution is 2.53. The zero-order valence-electron chi connectivity index (χ0n) is 14.7. The molecule has 1 saturated carbocycles. The Bertz CT molecular complexity index is 999. The Hall–Kier alpha value is -2.73. The van der Waals surface area contributed by atoms with Gasteiger partial charge in [-0.2, -0.15) is 0 Å². The molecule has 4 atom stereocenters. The van der Waals surface area contributed by atoms with Crippen LogP contribution in [0.3, 0.4) is 0 Å². The van der Waals surface area contributed by atoms with Crippen molar-refractivity contribution in [2.75, 3.05) is 4.90 Å². The molecule has 5 rings (SSSR count). The maximum atomic E-state index is 13.1. The Morgan fingerprint density at radius 2 is 1.54 bits per heavy atom. The molecule has 0 aromatic heterocycles. The van der Waals surface area contributed by atoms with Crippen LogP contribution in [-0.4, -0.2) is 17.8 Å². The number of hydrogen-bond donors (Lipinski definition) is 0. The van der Waals surface area contributed by atoms with Crippen LogP contribution in [0.5, 0.6) is 5.75 Å². The predicted molar refractivity (Wildman–Crippen MR) is 106 cm³/mol. The molecule has 2 aromatic carbocycles. The fourth-order valence-corrected chi connectivity index (χ4v) is 4.88. The smallest absolute Gasteiger partial charge is 0.343 e. The van der Waals surface area contributed by atoms with Crippen LogP contribution in [0.1, 0.15) is 16.8 Å². The number of carbonyl (C=O) groups is 3. The van der Waals surface area contributed by atoms with Crippen molar-refractivity contribution in [3.63, 3.8) is 0 Å². The average molecular weight is 438 g/mol. The first-order valence-corrected chi connectivity index (χ1v) is 9.97. The minimum atomic E-state index is -0.541. The van der Waals surface area contributed by atoms with Gasteiger partial charge in [-0.1, -0.05) is 40.2 Å². The molecule has 1 saturated heterocycles. The number of hydrogen-bond acceptors (Lipinski definition) is 4. The Morgan fingerprint density at radius 3 is 2.18 bits per heavy atom. The van der Waals surface area contributed by atoms with E-state index in [4.69, 9.17) is 4.74 Å². The van der Waals surface area contributed by atoms with Gasteiger partial charge < -0.3 is 4.74 Å². The van der Waals surface area contributed by atoms with Gasteiger partial charge in [0.1, 0.15) is 0 Å². The monoisotopic (exact) mass is 437 g/mol. The summed E-state index contributed by atoms with van der Waals surface area (Å²) in [6.07, 6.45) is 4.99. The summed E-state index contributed by atoms with van der Waals surface area (Å²) in [6, 6.07) is 13.5. The molecule has 0 N–H and O–H groups in total. The number of ether oxygens (including phenoxy) is 1. The van der Waals surface area contributed by atoms with E-state index in [9.17, 15) is 14.4 Å².